The van der Waals surface area contributed by atoms with Gasteiger partial charge in [-0.2, -0.15) is 0 Å². The monoisotopic (exact) mass is 195 g/mol. The van der Waals surface area contributed by atoms with Crippen molar-refractivity contribution in [1.82, 2.24) is 9.97 Å². The van der Waals surface area contributed by atoms with E-state index in [4.69, 9.17) is 17.3 Å². The molecule has 1 aromatic carbocycles. The largest absolute Gasteiger partial charge is 0.345 e. The van der Waals surface area contributed by atoms with E-state index >= 15 is 0 Å². The molecule has 0 bridgehead atoms. The SMILES string of the molecule is NCCc1cc(Cl)c2nc[nH]c2c1. The zero-order valence-electron chi connectivity index (χ0n) is 7.05. The lowest BCUT2D eigenvalue weighted by molar-refractivity contribution is 0.970. The summed E-state index contributed by atoms with van der Waals surface area (Å²) in [6.45, 7) is 0.635. The van der Waals surface area contributed by atoms with Crippen molar-refractivity contribution in [3.63, 3.8) is 0 Å². The number of rotatable bonds is 2. The van der Waals surface area contributed by atoms with Crippen molar-refractivity contribution in [2.75, 3.05) is 6.54 Å². The number of benzene rings is 1. The van der Waals surface area contributed by atoms with Crippen molar-refractivity contribution >= 4 is 22.6 Å². The summed E-state index contributed by atoms with van der Waals surface area (Å²) in [6.07, 6.45) is 2.48. The predicted molar refractivity (Wildman–Crippen MR) is 53.9 cm³/mol. The lowest BCUT2D eigenvalue weighted by Crippen LogP contribution is -2.02. The van der Waals surface area contributed by atoms with Crippen LogP contribution in [0, 0.1) is 0 Å². The van der Waals surface area contributed by atoms with E-state index < -0.39 is 0 Å². The van der Waals surface area contributed by atoms with Crippen LogP contribution in [0.5, 0.6) is 0 Å². The Labute approximate surface area is 80.9 Å². The second-order valence-electron chi connectivity index (χ2n) is 2.92. The number of nitrogens with two attached hydrogens (primary N) is 1. The van der Waals surface area contributed by atoms with E-state index in [1.807, 2.05) is 12.1 Å². The fourth-order valence-corrected chi connectivity index (χ4v) is 1.66. The zero-order valence-corrected chi connectivity index (χ0v) is 7.80. The highest BCUT2D eigenvalue weighted by atomic mass is 35.5. The van der Waals surface area contributed by atoms with Gasteiger partial charge in [0.25, 0.3) is 0 Å². The number of halogens is 1. The highest BCUT2D eigenvalue weighted by molar-refractivity contribution is 6.35. The van der Waals surface area contributed by atoms with Gasteiger partial charge in [0.2, 0.25) is 0 Å². The van der Waals surface area contributed by atoms with E-state index in [0.717, 1.165) is 23.0 Å². The molecule has 0 spiro atoms. The first-order valence-corrected chi connectivity index (χ1v) is 4.50. The van der Waals surface area contributed by atoms with Gasteiger partial charge >= 0.3 is 0 Å². The van der Waals surface area contributed by atoms with Crippen LogP contribution in [-0.4, -0.2) is 16.5 Å². The van der Waals surface area contributed by atoms with E-state index in [9.17, 15) is 0 Å². The average molecular weight is 196 g/mol. The summed E-state index contributed by atoms with van der Waals surface area (Å²) in [5, 5.41) is 0.683. The number of aromatic nitrogens is 2. The van der Waals surface area contributed by atoms with Crippen LogP contribution in [0.1, 0.15) is 5.56 Å². The molecule has 13 heavy (non-hydrogen) atoms. The first-order valence-electron chi connectivity index (χ1n) is 4.13. The highest BCUT2D eigenvalue weighted by Crippen LogP contribution is 2.22. The molecule has 0 atom stereocenters. The van der Waals surface area contributed by atoms with Crippen molar-refractivity contribution in [1.29, 1.82) is 0 Å². The minimum atomic E-state index is 0.635. The average Bonchev–Trinajstić information content (AvgIpc) is 2.53. The molecule has 0 amide bonds. The molecule has 2 rings (SSSR count). The summed E-state index contributed by atoms with van der Waals surface area (Å²) in [7, 11) is 0. The van der Waals surface area contributed by atoms with E-state index in [1.54, 1.807) is 6.33 Å². The Morgan fingerprint density at radius 1 is 1.46 bits per heavy atom. The van der Waals surface area contributed by atoms with Crippen molar-refractivity contribution in [3.8, 4) is 0 Å². The van der Waals surface area contributed by atoms with Crippen LogP contribution >= 0.6 is 11.6 Å². The standard InChI is InChI=1S/C9H10ClN3/c10-7-3-6(1-2-11)4-8-9(7)13-5-12-8/h3-5H,1-2,11H2,(H,12,13). The third-order valence-electron chi connectivity index (χ3n) is 1.97. The van der Waals surface area contributed by atoms with E-state index in [-0.39, 0.29) is 0 Å². The molecule has 0 aliphatic carbocycles. The molecule has 0 aliphatic rings. The van der Waals surface area contributed by atoms with Gasteiger partial charge in [0, 0.05) is 0 Å². The zero-order chi connectivity index (χ0) is 9.26. The van der Waals surface area contributed by atoms with Crippen molar-refractivity contribution in [2.24, 2.45) is 5.73 Å². The van der Waals surface area contributed by atoms with Crippen molar-refractivity contribution in [3.05, 3.63) is 29.0 Å². The Kier molecular flexibility index (Phi) is 2.20. The maximum Gasteiger partial charge on any atom is 0.107 e. The number of hydrogen-bond donors (Lipinski definition) is 2. The lowest BCUT2D eigenvalue weighted by atomic mass is 10.1. The highest BCUT2D eigenvalue weighted by Gasteiger charge is 2.03. The van der Waals surface area contributed by atoms with Crippen molar-refractivity contribution in [2.45, 2.75) is 6.42 Å². The smallest absolute Gasteiger partial charge is 0.107 e. The van der Waals surface area contributed by atoms with Gasteiger partial charge in [0.15, 0.2) is 0 Å². The number of H-pyrrole nitrogens is 1. The van der Waals surface area contributed by atoms with Crippen LogP contribution in [0.25, 0.3) is 11.0 Å². The van der Waals surface area contributed by atoms with Crippen LogP contribution in [0.3, 0.4) is 0 Å². The summed E-state index contributed by atoms with van der Waals surface area (Å²) in [4.78, 5) is 7.12. The molecular weight excluding hydrogens is 186 g/mol. The van der Waals surface area contributed by atoms with Crippen LogP contribution < -0.4 is 5.73 Å². The number of fused-ring (bicyclic) bond motifs is 1. The van der Waals surface area contributed by atoms with Crippen LogP contribution in [0.2, 0.25) is 5.02 Å². The molecule has 3 nitrogen and oxygen atoms in total. The Morgan fingerprint density at radius 2 is 2.31 bits per heavy atom. The fourth-order valence-electron chi connectivity index (χ4n) is 1.37. The number of nitrogens with zero attached hydrogens (tertiary/aromatic N) is 1. The van der Waals surface area contributed by atoms with Gasteiger partial charge < -0.3 is 10.7 Å². The molecule has 0 saturated carbocycles. The molecule has 3 N–H and O–H groups in total. The molecule has 0 aliphatic heterocycles. The summed E-state index contributed by atoms with van der Waals surface area (Å²) in [5.41, 5.74) is 8.39. The minimum Gasteiger partial charge on any atom is -0.345 e. The molecule has 0 radical (unpaired) electrons. The summed E-state index contributed by atoms with van der Waals surface area (Å²) >= 11 is 6.02. The molecule has 68 valence electrons. The molecule has 4 heteroatoms. The molecule has 0 fully saturated rings. The van der Waals surface area contributed by atoms with Crippen molar-refractivity contribution < 1.29 is 0 Å². The van der Waals surface area contributed by atoms with Gasteiger partial charge in [-0.05, 0) is 30.7 Å². The molecule has 1 aromatic heterocycles. The molecular formula is C9H10ClN3. The second kappa shape index (κ2) is 3.36. The van der Waals surface area contributed by atoms with Gasteiger partial charge in [0.1, 0.15) is 5.52 Å². The quantitative estimate of drug-likeness (QED) is 0.767. The predicted octanol–water partition coefficient (Wildman–Crippen LogP) is 1.72. The number of aromatic amines is 1. The van der Waals surface area contributed by atoms with E-state index in [0.29, 0.717) is 11.6 Å². The number of imidazole rings is 1. The summed E-state index contributed by atoms with van der Waals surface area (Å²) in [6, 6.07) is 3.94. The topological polar surface area (TPSA) is 54.7 Å². The van der Waals surface area contributed by atoms with E-state index in [1.165, 1.54) is 0 Å². The van der Waals surface area contributed by atoms with E-state index in [2.05, 4.69) is 9.97 Å². The molecule has 0 saturated heterocycles. The summed E-state index contributed by atoms with van der Waals surface area (Å²) in [5.74, 6) is 0. The molecule has 0 unspecified atom stereocenters. The third kappa shape index (κ3) is 1.53. The Balaban J connectivity index is 2.56. The molecule has 1 heterocycles. The number of hydrogen-bond acceptors (Lipinski definition) is 2. The lowest BCUT2D eigenvalue weighted by Gasteiger charge is -1.99. The maximum absolute atomic E-state index is 6.02. The first kappa shape index (κ1) is 8.53. The second-order valence-corrected chi connectivity index (χ2v) is 3.32. The third-order valence-corrected chi connectivity index (χ3v) is 2.26. The van der Waals surface area contributed by atoms with Gasteiger partial charge in [-0.1, -0.05) is 11.6 Å². The summed E-state index contributed by atoms with van der Waals surface area (Å²) < 4.78 is 0. The van der Waals surface area contributed by atoms with Crippen LogP contribution in [0.4, 0.5) is 0 Å². The van der Waals surface area contributed by atoms with Gasteiger partial charge in [-0.25, -0.2) is 4.98 Å². The van der Waals surface area contributed by atoms with Gasteiger partial charge in [0.05, 0.1) is 16.9 Å². The molecule has 2 aromatic rings. The van der Waals surface area contributed by atoms with Gasteiger partial charge in [-0.15, -0.1) is 0 Å². The fraction of sp³-hybridized carbons (Fsp3) is 0.222. The Hall–Kier alpha value is -1.06. The Bertz CT molecular complexity index is 422. The van der Waals surface area contributed by atoms with Gasteiger partial charge in [-0.3, -0.25) is 0 Å². The van der Waals surface area contributed by atoms with Crippen LogP contribution in [0.15, 0.2) is 18.5 Å². The Morgan fingerprint density at radius 3 is 3.08 bits per heavy atom. The first-order chi connectivity index (χ1) is 6.31. The van der Waals surface area contributed by atoms with Crippen LogP contribution in [-0.2, 0) is 6.42 Å². The normalized spacial score (nSPS) is 10.9. The minimum absolute atomic E-state index is 0.635. The number of nitrogens with one attached hydrogen (secondary N) is 1. The maximum atomic E-state index is 6.02.